The number of hydrogen-bond acceptors (Lipinski definition) is 3. The van der Waals surface area contributed by atoms with Crippen molar-refractivity contribution in [3.8, 4) is 0 Å². The summed E-state index contributed by atoms with van der Waals surface area (Å²) in [6, 6.07) is 17.6. The number of rotatable bonds is 4. The van der Waals surface area contributed by atoms with E-state index in [2.05, 4.69) is 79.6 Å². The maximum atomic E-state index is 4.65. The lowest BCUT2D eigenvalue weighted by Gasteiger charge is -2.19. The fourth-order valence-electron chi connectivity index (χ4n) is 2.76. The second-order valence-corrected chi connectivity index (χ2v) is 8.26. The van der Waals surface area contributed by atoms with Crippen molar-refractivity contribution in [2.75, 3.05) is 13.1 Å². The van der Waals surface area contributed by atoms with E-state index in [0.717, 1.165) is 31.1 Å². The van der Waals surface area contributed by atoms with Gasteiger partial charge in [-0.05, 0) is 29.0 Å². The van der Waals surface area contributed by atoms with Crippen LogP contribution in [0.25, 0.3) is 0 Å². The molecule has 0 spiro atoms. The SMILES string of the molecule is CC(C)(C)c1ccc(CSc2ccccc2C2=NCCCN2)cc1. The summed E-state index contributed by atoms with van der Waals surface area (Å²) >= 11 is 1.89. The minimum Gasteiger partial charge on any atom is -0.370 e. The van der Waals surface area contributed by atoms with Gasteiger partial charge in [-0.3, -0.25) is 4.99 Å². The number of benzene rings is 2. The number of thioether (sulfide) groups is 1. The molecule has 1 aliphatic rings. The molecular weight excluding hydrogens is 312 g/mol. The van der Waals surface area contributed by atoms with E-state index in [4.69, 9.17) is 0 Å². The Hall–Kier alpha value is -1.74. The highest BCUT2D eigenvalue weighted by molar-refractivity contribution is 7.98. The Labute approximate surface area is 149 Å². The maximum absolute atomic E-state index is 4.65. The second-order valence-electron chi connectivity index (χ2n) is 7.24. The van der Waals surface area contributed by atoms with E-state index in [-0.39, 0.29) is 5.41 Å². The molecule has 1 heterocycles. The second kappa shape index (κ2) is 7.43. The number of nitrogens with zero attached hydrogens (tertiary/aromatic N) is 1. The molecule has 0 radical (unpaired) electrons. The minimum absolute atomic E-state index is 0.211. The molecule has 0 aromatic heterocycles. The third-order valence-corrected chi connectivity index (χ3v) is 5.40. The Bertz CT molecular complexity index is 711. The first-order valence-corrected chi connectivity index (χ1v) is 9.62. The lowest BCUT2D eigenvalue weighted by atomic mass is 9.87. The highest BCUT2D eigenvalue weighted by Gasteiger charge is 2.14. The Morgan fingerprint density at radius 1 is 1.04 bits per heavy atom. The van der Waals surface area contributed by atoms with E-state index in [9.17, 15) is 0 Å². The maximum Gasteiger partial charge on any atom is 0.129 e. The van der Waals surface area contributed by atoms with Crippen LogP contribution in [0.15, 0.2) is 58.4 Å². The van der Waals surface area contributed by atoms with E-state index < -0.39 is 0 Å². The molecule has 24 heavy (non-hydrogen) atoms. The lowest BCUT2D eigenvalue weighted by Crippen LogP contribution is -2.30. The van der Waals surface area contributed by atoms with Crippen LogP contribution in [0, 0.1) is 0 Å². The zero-order valence-electron chi connectivity index (χ0n) is 14.8. The molecule has 0 saturated heterocycles. The molecule has 0 unspecified atom stereocenters. The first-order valence-electron chi connectivity index (χ1n) is 8.64. The molecule has 1 N–H and O–H groups in total. The van der Waals surface area contributed by atoms with E-state index in [1.807, 2.05) is 11.8 Å². The molecule has 0 fully saturated rings. The van der Waals surface area contributed by atoms with E-state index in [1.54, 1.807) is 0 Å². The summed E-state index contributed by atoms with van der Waals surface area (Å²) in [5, 5.41) is 3.43. The zero-order valence-corrected chi connectivity index (χ0v) is 15.6. The van der Waals surface area contributed by atoms with Crippen molar-refractivity contribution < 1.29 is 0 Å². The van der Waals surface area contributed by atoms with Crippen LogP contribution in [-0.2, 0) is 11.2 Å². The zero-order chi connectivity index (χ0) is 17.0. The molecule has 2 aromatic rings. The van der Waals surface area contributed by atoms with Gasteiger partial charge in [-0.2, -0.15) is 0 Å². The first kappa shape index (κ1) is 17.1. The Morgan fingerprint density at radius 3 is 2.46 bits per heavy atom. The average Bonchev–Trinajstić information content (AvgIpc) is 2.60. The third-order valence-electron chi connectivity index (χ3n) is 4.25. The predicted molar refractivity (Wildman–Crippen MR) is 105 cm³/mol. The molecule has 126 valence electrons. The van der Waals surface area contributed by atoms with Gasteiger partial charge in [-0.15, -0.1) is 11.8 Å². The van der Waals surface area contributed by atoms with Crippen molar-refractivity contribution in [3.05, 3.63) is 65.2 Å². The summed E-state index contributed by atoms with van der Waals surface area (Å²) in [5.41, 5.74) is 4.19. The number of amidine groups is 1. The van der Waals surface area contributed by atoms with Crippen molar-refractivity contribution in [2.45, 2.75) is 43.3 Å². The quantitative estimate of drug-likeness (QED) is 0.792. The van der Waals surface area contributed by atoms with Gasteiger partial charge in [-0.25, -0.2) is 0 Å². The van der Waals surface area contributed by atoms with Gasteiger partial charge in [0.15, 0.2) is 0 Å². The molecule has 2 nitrogen and oxygen atoms in total. The summed E-state index contributed by atoms with van der Waals surface area (Å²) < 4.78 is 0. The summed E-state index contributed by atoms with van der Waals surface area (Å²) in [7, 11) is 0. The Morgan fingerprint density at radius 2 is 1.79 bits per heavy atom. The highest BCUT2D eigenvalue weighted by Crippen LogP contribution is 2.28. The fourth-order valence-corrected chi connectivity index (χ4v) is 3.77. The topological polar surface area (TPSA) is 24.4 Å². The number of aliphatic imine (C=N–C) groups is 1. The normalized spacial score (nSPS) is 14.9. The van der Waals surface area contributed by atoms with E-state index in [0.29, 0.717) is 0 Å². The van der Waals surface area contributed by atoms with Crippen LogP contribution in [-0.4, -0.2) is 18.9 Å². The first-order chi connectivity index (χ1) is 11.5. The molecule has 0 aliphatic carbocycles. The van der Waals surface area contributed by atoms with Crippen LogP contribution >= 0.6 is 11.8 Å². The van der Waals surface area contributed by atoms with Gasteiger partial charge in [0.2, 0.25) is 0 Å². The fraction of sp³-hybridized carbons (Fsp3) is 0.381. The van der Waals surface area contributed by atoms with Crippen molar-refractivity contribution in [1.82, 2.24) is 5.32 Å². The van der Waals surface area contributed by atoms with Crippen LogP contribution in [0.1, 0.15) is 43.9 Å². The van der Waals surface area contributed by atoms with E-state index in [1.165, 1.54) is 21.6 Å². The largest absolute Gasteiger partial charge is 0.370 e. The van der Waals surface area contributed by atoms with Gasteiger partial charge in [-0.1, -0.05) is 63.2 Å². The summed E-state index contributed by atoms with van der Waals surface area (Å²) in [5.74, 6) is 2.03. The molecule has 0 atom stereocenters. The predicted octanol–water partition coefficient (Wildman–Crippen LogP) is 5.02. The van der Waals surface area contributed by atoms with Crippen molar-refractivity contribution in [1.29, 1.82) is 0 Å². The van der Waals surface area contributed by atoms with Gasteiger partial charge in [0.25, 0.3) is 0 Å². The van der Waals surface area contributed by atoms with Crippen LogP contribution in [0.5, 0.6) is 0 Å². The van der Waals surface area contributed by atoms with Gasteiger partial charge >= 0.3 is 0 Å². The summed E-state index contributed by atoms with van der Waals surface area (Å²) in [6.45, 7) is 8.71. The molecule has 0 bridgehead atoms. The monoisotopic (exact) mass is 338 g/mol. The number of nitrogens with one attached hydrogen (secondary N) is 1. The minimum atomic E-state index is 0.211. The van der Waals surface area contributed by atoms with Gasteiger partial charge in [0, 0.05) is 29.3 Å². The lowest BCUT2D eigenvalue weighted by molar-refractivity contribution is 0.590. The third kappa shape index (κ3) is 4.21. The molecule has 0 saturated carbocycles. The molecule has 2 aromatic carbocycles. The van der Waals surface area contributed by atoms with Gasteiger partial charge in [0.1, 0.15) is 5.84 Å². The van der Waals surface area contributed by atoms with Gasteiger partial charge < -0.3 is 5.32 Å². The smallest absolute Gasteiger partial charge is 0.129 e. The van der Waals surface area contributed by atoms with Crippen LogP contribution in [0.4, 0.5) is 0 Å². The van der Waals surface area contributed by atoms with Crippen LogP contribution in [0.3, 0.4) is 0 Å². The average molecular weight is 339 g/mol. The highest BCUT2D eigenvalue weighted by atomic mass is 32.2. The summed E-state index contributed by atoms with van der Waals surface area (Å²) in [6.07, 6.45) is 1.12. The molecule has 1 aliphatic heterocycles. The van der Waals surface area contributed by atoms with E-state index >= 15 is 0 Å². The Balaban J connectivity index is 1.72. The van der Waals surface area contributed by atoms with Crippen LogP contribution in [0.2, 0.25) is 0 Å². The summed E-state index contributed by atoms with van der Waals surface area (Å²) in [4.78, 5) is 5.94. The van der Waals surface area contributed by atoms with Crippen molar-refractivity contribution in [2.24, 2.45) is 4.99 Å². The van der Waals surface area contributed by atoms with Crippen LogP contribution < -0.4 is 5.32 Å². The molecular formula is C21H26N2S. The number of hydrogen-bond donors (Lipinski definition) is 1. The Kier molecular flexibility index (Phi) is 5.30. The molecule has 3 heteroatoms. The van der Waals surface area contributed by atoms with Gasteiger partial charge in [0.05, 0.1) is 0 Å². The molecule has 0 amide bonds. The van der Waals surface area contributed by atoms with Crippen molar-refractivity contribution >= 4 is 17.6 Å². The molecule has 3 rings (SSSR count). The van der Waals surface area contributed by atoms with Crippen molar-refractivity contribution in [3.63, 3.8) is 0 Å². The standard InChI is InChI=1S/C21H26N2S/c1-21(2,3)17-11-9-16(10-12-17)15-24-19-8-5-4-7-18(19)20-22-13-6-14-23-20/h4-5,7-12H,6,13-15H2,1-3H3,(H,22,23).